The SMILES string of the molecule is Cc1ccc(-c2cc(F)c(F)cc2-c2ccccc2S(N)(=O)=O)cc1C(F)(F)F. The van der Waals surface area contributed by atoms with Crippen LogP contribution in [-0.2, 0) is 16.2 Å². The highest BCUT2D eigenvalue weighted by Gasteiger charge is 2.33. The monoisotopic (exact) mass is 427 g/mol. The number of benzene rings is 3. The number of aryl methyl sites for hydroxylation is 1. The molecule has 0 aliphatic rings. The lowest BCUT2D eigenvalue weighted by atomic mass is 9.92. The van der Waals surface area contributed by atoms with Crippen LogP contribution in [0.1, 0.15) is 11.1 Å². The van der Waals surface area contributed by atoms with E-state index in [1.807, 2.05) is 0 Å². The summed E-state index contributed by atoms with van der Waals surface area (Å²) in [7, 11) is -4.24. The molecule has 152 valence electrons. The molecule has 3 rings (SSSR count). The minimum atomic E-state index is -4.66. The maximum atomic E-state index is 14.0. The van der Waals surface area contributed by atoms with E-state index in [4.69, 9.17) is 5.14 Å². The van der Waals surface area contributed by atoms with Crippen LogP contribution in [0.5, 0.6) is 0 Å². The maximum Gasteiger partial charge on any atom is 0.416 e. The Labute approximate surface area is 163 Å². The number of alkyl halides is 3. The van der Waals surface area contributed by atoms with Crippen LogP contribution in [0.25, 0.3) is 22.3 Å². The van der Waals surface area contributed by atoms with Crippen molar-refractivity contribution in [1.82, 2.24) is 0 Å². The van der Waals surface area contributed by atoms with Gasteiger partial charge in [-0.3, -0.25) is 0 Å². The predicted octanol–water partition coefficient (Wildman–Crippen LogP) is 5.27. The molecule has 0 aromatic heterocycles. The van der Waals surface area contributed by atoms with E-state index in [1.165, 1.54) is 43.3 Å². The van der Waals surface area contributed by atoms with Gasteiger partial charge in [0.05, 0.1) is 10.5 Å². The number of primary sulfonamides is 1. The summed E-state index contributed by atoms with van der Waals surface area (Å²) in [6, 6.07) is 10.1. The first-order valence-corrected chi connectivity index (χ1v) is 9.73. The van der Waals surface area contributed by atoms with Crippen molar-refractivity contribution in [2.75, 3.05) is 0 Å². The van der Waals surface area contributed by atoms with Crippen molar-refractivity contribution in [2.45, 2.75) is 18.0 Å². The molecule has 0 spiro atoms. The highest BCUT2D eigenvalue weighted by Crippen LogP contribution is 2.40. The second-order valence-corrected chi connectivity index (χ2v) is 7.91. The number of nitrogens with two attached hydrogens (primary N) is 1. The van der Waals surface area contributed by atoms with Crippen LogP contribution in [-0.4, -0.2) is 8.42 Å². The zero-order valence-corrected chi connectivity index (χ0v) is 15.7. The van der Waals surface area contributed by atoms with Crippen LogP contribution in [0.3, 0.4) is 0 Å². The van der Waals surface area contributed by atoms with Crippen LogP contribution in [0, 0.1) is 18.6 Å². The Morgan fingerprint density at radius 3 is 2.00 bits per heavy atom. The number of sulfonamides is 1. The van der Waals surface area contributed by atoms with E-state index in [0.717, 1.165) is 18.2 Å². The van der Waals surface area contributed by atoms with Crippen LogP contribution in [0.15, 0.2) is 59.5 Å². The Balaban J connectivity index is 2.37. The molecule has 9 heteroatoms. The number of halogens is 5. The molecule has 0 fully saturated rings. The lowest BCUT2D eigenvalue weighted by Gasteiger charge is -2.16. The molecule has 0 aliphatic carbocycles. The molecule has 0 radical (unpaired) electrons. The quantitative estimate of drug-likeness (QED) is 0.579. The average molecular weight is 427 g/mol. The smallest absolute Gasteiger partial charge is 0.225 e. The fourth-order valence-corrected chi connectivity index (χ4v) is 3.79. The Morgan fingerprint density at radius 1 is 0.828 bits per heavy atom. The van der Waals surface area contributed by atoms with Crippen molar-refractivity contribution in [2.24, 2.45) is 5.14 Å². The molecule has 0 atom stereocenters. The summed E-state index contributed by atoms with van der Waals surface area (Å²) in [5.74, 6) is -2.57. The molecule has 0 aliphatic heterocycles. The lowest BCUT2D eigenvalue weighted by molar-refractivity contribution is -0.138. The number of hydrogen-bond donors (Lipinski definition) is 1. The van der Waals surface area contributed by atoms with Gasteiger partial charge in [-0.2, -0.15) is 13.2 Å². The Bertz CT molecular complexity index is 1200. The van der Waals surface area contributed by atoms with Crippen molar-refractivity contribution < 1.29 is 30.4 Å². The molecule has 0 amide bonds. The molecular weight excluding hydrogens is 413 g/mol. The van der Waals surface area contributed by atoms with E-state index in [9.17, 15) is 30.4 Å². The first-order valence-electron chi connectivity index (χ1n) is 8.19. The zero-order valence-electron chi connectivity index (χ0n) is 14.9. The summed E-state index contributed by atoms with van der Waals surface area (Å²) >= 11 is 0. The van der Waals surface area contributed by atoms with E-state index in [2.05, 4.69) is 0 Å². The lowest BCUT2D eigenvalue weighted by Crippen LogP contribution is -2.13. The second kappa shape index (κ2) is 7.23. The molecule has 29 heavy (non-hydrogen) atoms. The van der Waals surface area contributed by atoms with Crippen LogP contribution < -0.4 is 5.14 Å². The largest absolute Gasteiger partial charge is 0.416 e. The molecule has 3 aromatic rings. The first kappa shape index (κ1) is 20.9. The third-order valence-electron chi connectivity index (χ3n) is 4.40. The third-order valence-corrected chi connectivity index (χ3v) is 5.37. The highest BCUT2D eigenvalue weighted by atomic mass is 32.2. The van der Waals surface area contributed by atoms with Crippen molar-refractivity contribution in [1.29, 1.82) is 0 Å². The average Bonchev–Trinajstić information content (AvgIpc) is 2.62. The molecule has 0 saturated heterocycles. The summed E-state index contributed by atoms with van der Waals surface area (Å²) in [6.45, 7) is 1.27. The van der Waals surface area contributed by atoms with Gasteiger partial charge < -0.3 is 0 Å². The van der Waals surface area contributed by atoms with Crippen LogP contribution in [0.4, 0.5) is 22.0 Å². The minimum absolute atomic E-state index is 0.0460. The van der Waals surface area contributed by atoms with Gasteiger partial charge in [-0.05, 0) is 53.4 Å². The van der Waals surface area contributed by atoms with Gasteiger partial charge in [0.1, 0.15) is 0 Å². The highest BCUT2D eigenvalue weighted by molar-refractivity contribution is 7.89. The van der Waals surface area contributed by atoms with Crippen molar-refractivity contribution >= 4 is 10.0 Å². The third kappa shape index (κ3) is 4.15. The van der Waals surface area contributed by atoms with Gasteiger partial charge in [0.15, 0.2) is 11.6 Å². The van der Waals surface area contributed by atoms with E-state index >= 15 is 0 Å². The van der Waals surface area contributed by atoms with Crippen molar-refractivity contribution in [3.63, 3.8) is 0 Å². The molecule has 0 bridgehead atoms. The molecule has 0 saturated carbocycles. The van der Waals surface area contributed by atoms with Gasteiger partial charge in [0.25, 0.3) is 0 Å². The van der Waals surface area contributed by atoms with Gasteiger partial charge in [-0.1, -0.05) is 30.3 Å². The molecular formula is C20H14F5NO2S. The fourth-order valence-electron chi connectivity index (χ4n) is 3.04. The molecule has 3 aromatic carbocycles. The van der Waals surface area contributed by atoms with Gasteiger partial charge in [-0.15, -0.1) is 0 Å². The number of rotatable bonds is 3. The standard InChI is InChI=1S/C20H14F5NO2S/c1-11-6-7-12(8-16(11)20(23,24)25)14-9-17(21)18(22)10-15(14)13-4-2-3-5-19(13)29(26,27)28/h2-10H,1H3,(H2,26,27,28). The Hall–Kier alpha value is -2.78. The fraction of sp³-hybridized carbons (Fsp3) is 0.100. The molecule has 3 nitrogen and oxygen atoms in total. The van der Waals surface area contributed by atoms with Crippen LogP contribution in [0.2, 0.25) is 0 Å². The van der Waals surface area contributed by atoms with E-state index in [1.54, 1.807) is 0 Å². The predicted molar refractivity (Wildman–Crippen MR) is 98.3 cm³/mol. The van der Waals surface area contributed by atoms with Gasteiger partial charge in [-0.25, -0.2) is 22.3 Å². The summed E-state index contributed by atoms with van der Waals surface area (Å²) in [5, 5.41) is 5.21. The number of hydrogen-bond acceptors (Lipinski definition) is 2. The molecule has 2 N–H and O–H groups in total. The summed E-state index contributed by atoms with van der Waals surface area (Å²) in [6.07, 6.45) is -4.66. The zero-order chi connectivity index (χ0) is 21.6. The van der Waals surface area contributed by atoms with Gasteiger partial charge in [0, 0.05) is 5.56 Å². The second-order valence-electron chi connectivity index (χ2n) is 6.38. The Morgan fingerprint density at radius 2 is 1.41 bits per heavy atom. The summed E-state index contributed by atoms with van der Waals surface area (Å²) in [5.41, 5.74) is -1.31. The van der Waals surface area contributed by atoms with E-state index in [-0.39, 0.29) is 32.7 Å². The van der Waals surface area contributed by atoms with Crippen molar-refractivity contribution in [3.05, 3.63) is 77.4 Å². The van der Waals surface area contributed by atoms with Gasteiger partial charge >= 0.3 is 6.18 Å². The summed E-state index contributed by atoms with van der Waals surface area (Å²) < 4.78 is 91.7. The summed E-state index contributed by atoms with van der Waals surface area (Å²) in [4.78, 5) is -0.365. The topological polar surface area (TPSA) is 60.2 Å². The van der Waals surface area contributed by atoms with Crippen LogP contribution >= 0.6 is 0 Å². The minimum Gasteiger partial charge on any atom is -0.225 e. The Kier molecular flexibility index (Phi) is 5.22. The van der Waals surface area contributed by atoms with Crippen molar-refractivity contribution in [3.8, 4) is 22.3 Å². The molecule has 0 unspecified atom stereocenters. The molecule has 0 heterocycles. The van der Waals surface area contributed by atoms with E-state index in [0.29, 0.717) is 0 Å². The normalized spacial score (nSPS) is 12.2. The maximum absolute atomic E-state index is 14.0. The van der Waals surface area contributed by atoms with E-state index < -0.39 is 33.4 Å². The first-order chi connectivity index (χ1) is 13.4. The van der Waals surface area contributed by atoms with Gasteiger partial charge in [0.2, 0.25) is 10.0 Å².